The van der Waals surface area contributed by atoms with Crippen LogP contribution in [0.1, 0.15) is 20.8 Å². The summed E-state index contributed by atoms with van der Waals surface area (Å²) in [5.41, 5.74) is 5.99. The van der Waals surface area contributed by atoms with Crippen molar-refractivity contribution in [2.75, 3.05) is 44.6 Å². The number of carbonyl (C=O) groups excluding carboxylic acids is 1. The zero-order valence-electron chi connectivity index (χ0n) is 17.0. The first-order valence-electron chi connectivity index (χ1n) is 9.17. The first-order chi connectivity index (χ1) is 13.2. The maximum Gasteiger partial charge on any atom is 0.410 e. The molecule has 1 amide bonds. The Morgan fingerprint density at radius 2 is 1.83 bits per heavy atom. The molecule has 1 fully saturated rings. The zero-order chi connectivity index (χ0) is 20.7. The Labute approximate surface area is 187 Å². The molecule has 1 saturated heterocycles. The SMILES string of the molecule is CC(C)(C)OC(=O)N1CCN(C(N)=NCCNc2ccccc2[N+](=O)[O-])CC1.I. The number of aliphatic imine (C=N–C) groups is 1. The summed E-state index contributed by atoms with van der Waals surface area (Å²) in [6.45, 7) is 8.49. The van der Waals surface area contributed by atoms with Crippen LogP contribution in [0.2, 0.25) is 0 Å². The van der Waals surface area contributed by atoms with Gasteiger partial charge in [-0.25, -0.2) is 4.79 Å². The lowest BCUT2D eigenvalue weighted by molar-refractivity contribution is -0.384. The van der Waals surface area contributed by atoms with Crippen LogP contribution in [0.3, 0.4) is 0 Å². The topological polar surface area (TPSA) is 126 Å². The minimum atomic E-state index is -0.518. The number of piperazine rings is 1. The quantitative estimate of drug-likeness (QED) is 0.153. The van der Waals surface area contributed by atoms with Gasteiger partial charge in [0.15, 0.2) is 5.96 Å². The number of nitro benzene ring substituents is 1. The molecule has 1 aromatic rings. The Hall–Kier alpha value is -2.31. The number of hydrogen-bond donors (Lipinski definition) is 2. The maximum absolute atomic E-state index is 12.1. The van der Waals surface area contributed by atoms with Gasteiger partial charge in [0.1, 0.15) is 11.3 Å². The predicted molar refractivity (Wildman–Crippen MR) is 123 cm³/mol. The Kier molecular flexibility index (Phi) is 9.40. The van der Waals surface area contributed by atoms with Gasteiger partial charge in [0.05, 0.1) is 11.5 Å². The number of rotatable bonds is 5. The number of carbonyl (C=O) groups is 1. The number of anilines is 1. The number of halogens is 1. The lowest BCUT2D eigenvalue weighted by Crippen LogP contribution is -2.53. The monoisotopic (exact) mass is 520 g/mol. The Bertz CT molecular complexity index is 729. The van der Waals surface area contributed by atoms with Gasteiger partial charge >= 0.3 is 6.09 Å². The summed E-state index contributed by atoms with van der Waals surface area (Å²) in [5, 5.41) is 14.0. The van der Waals surface area contributed by atoms with Gasteiger partial charge in [-0.2, -0.15) is 0 Å². The van der Waals surface area contributed by atoms with Crippen molar-refractivity contribution in [3.8, 4) is 0 Å². The number of nitrogens with zero attached hydrogens (tertiary/aromatic N) is 4. The third-order valence-electron chi connectivity index (χ3n) is 4.06. The second-order valence-corrected chi connectivity index (χ2v) is 7.40. The Morgan fingerprint density at radius 3 is 2.41 bits per heavy atom. The van der Waals surface area contributed by atoms with Gasteiger partial charge in [-0.05, 0) is 26.8 Å². The van der Waals surface area contributed by atoms with E-state index in [9.17, 15) is 14.9 Å². The first-order valence-corrected chi connectivity index (χ1v) is 9.17. The number of ether oxygens (including phenoxy) is 1. The predicted octanol–water partition coefficient (Wildman–Crippen LogP) is 2.49. The molecule has 0 bridgehead atoms. The molecule has 0 spiro atoms. The number of guanidine groups is 1. The lowest BCUT2D eigenvalue weighted by Gasteiger charge is -2.36. The summed E-state index contributed by atoms with van der Waals surface area (Å²) in [7, 11) is 0. The number of nitrogens with two attached hydrogens (primary N) is 1. The highest BCUT2D eigenvalue weighted by Crippen LogP contribution is 2.22. The average molecular weight is 520 g/mol. The molecule has 1 heterocycles. The Morgan fingerprint density at radius 1 is 1.24 bits per heavy atom. The van der Waals surface area contributed by atoms with Crippen molar-refractivity contribution in [2.24, 2.45) is 10.7 Å². The minimum Gasteiger partial charge on any atom is -0.444 e. The van der Waals surface area contributed by atoms with Gasteiger partial charge in [0, 0.05) is 38.8 Å². The van der Waals surface area contributed by atoms with E-state index in [1.54, 1.807) is 23.1 Å². The highest BCUT2D eigenvalue weighted by Gasteiger charge is 2.26. The molecule has 10 nitrogen and oxygen atoms in total. The van der Waals surface area contributed by atoms with Crippen molar-refractivity contribution in [3.63, 3.8) is 0 Å². The first kappa shape index (κ1) is 24.7. The fraction of sp³-hybridized carbons (Fsp3) is 0.556. The zero-order valence-corrected chi connectivity index (χ0v) is 19.3. The van der Waals surface area contributed by atoms with Crippen molar-refractivity contribution in [1.29, 1.82) is 0 Å². The molecule has 162 valence electrons. The maximum atomic E-state index is 12.1. The molecule has 2 rings (SSSR count). The van der Waals surface area contributed by atoms with Gasteiger partial charge in [-0.15, -0.1) is 24.0 Å². The number of nitro groups is 1. The fourth-order valence-corrected chi connectivity index (χ4v) is 2.69. The molecule has 29 heavy (non-hydrogen) atoms. The molecule has 1 aromatic carbocycles. The van der Waals surface area contributed by atoms with E-state index in [4.69, 9.17) is 10.5 Å². The van der Waals surface area contributed by atoms with Crippen LogP contribution >= 0.6 is 24.0 Å². The van der Waals surface area contributed by atoms with E-state index in [1.165, 1.54) is 6.07 Å². The molecule has 0 atom stereocenters. The molecule has 0 saturated carbocycles. The molecule has 1 aliphatic rings. The third kappa shape index (κ3) is 7.91. The molecule has 11 heteroatoms. The molecule has 0 aromatic heterocycles. The lowest BCUT2D eigenvalue weighted by atomic mass is 10.2. The molecule has 0 unspecified atom stereocenters. The molecule has 0 aliphatic carbocycles. The van der Waals surface area contributed by atoms with Crippen LogP contribution in [0.15, 0.2) is 29.3 Å². The second kappa shape index (κ2) is 11.0. The van der Waals surface area contributed by atoms with E-state index in [0.717, 1.165) is 0 Å². The van der Waals surface area contributed by atoms with Gasteiger partial charge in [-0.3, -0.25) is 15.1 Å². The summed E-state index contributed by atoms with van der Waals surface area (Å²) >= 11 is 0. The molecule has 0 radical (unpaired) electrons. The van der Waals surface area contributed by atoms with Gasteiger partial charge in [0.2, 0.25) is 0 Å². The van der Waals surface area contributed by atoms with E-state index >= 15 is 0 Å². The fourth-order valence-electron chi connectivity index (χ4n) is 2.69. The van der Waals surface area contributed by atoms with Crippen LogP contribution in [0.4, 0.5) is 16.2 Å². The van der Waals surface area contributed by atoms with E-state index in [-0.39, 0.29) is 35.8 Å². The smallest absolute Gasteiger partial charge is 0.410 e. The molecular weight excluding hydrogens is 491 g/mol. The van der Waals surface area contributed by atoms with Crippen LogP contribution in [0, 0.1) is 10.1 Å². The van der Waals surface area contributed by atoms with Crippen LogP contribution in [0.25, 0.3) is 0 Å². The van der Waals surface area contributed by atoms with E-state index < -0.39 is 10.5 Å². The number of benzene rings is 1. The normalized spacial score (nSPS) is 14.8. The van der Waals surface area contributed by atoms with Crippen molar-refractivity contribution in [3.05, 3.63) is 34.4 Å². The second-order valence-electron chi connectivity index (χ2n) is 7.40. The molecule has 3 N–H and O–H groups in total. The van der Waals surface area contributed by atoms with Gasteiger partial charge in [-0.1, -0.05) is 12.1 Å². The molecule has 1 aliphatic heterocycles. The highest BCUT2D eigenvalue weighted by atomic mass is 127. The highest BCUT2D eigenvalue weighted by molar-refractivity contribution is 14.0. The standard InChI is InChI=1S/C18H28N6O4.HI/c1-18(2,3)28-17(25)23-12-10-22(11-13-23)16(19)21-9-8-20-14-6-4-5-7-15(14)24(26)27;/h4-7,20H,8-13H2,1-3H3,(H2,19,21);1H. The van der Waals surface area contributed by atoms with Gasteiger partial charge in [0.25, 0.3) is 5.69 Å². The van der Waals surface area contributed by atoms with E-state index in [0.29, 0.717) is 50.9 Å². The largest absolute Gasteiger partial charge is 0.444 e. The van der Waals surface area contributed by atoms with Crippen molar-refractivity contribution in [1.82, 2.24) is 9.80 Å². The summed E-state index contributed by atoms with van der Waals surface area (Å²) in [5.74, 6) is 0.396. The summed E-state index contributed by atoms with van der Waals surface area (Å²) in [4.78, 5) is 30.5. The minimum absolute atomic E-state index is 0. The Balaban J connectivity index is 0.00000420. The van der Waals surface area contributed by atoms with Crippen molar-refractivity contribution < 1.29 is 14.5 Å². The van der Waals surface area contributed by atoms with Gasteiger partial charge < -0.3 is 25.6 Å². The van der Waals surface area contributed by atoms with Crippen molar-refractivity contribution >= 4 is 47.4 Å². The van der Waals surface area contributed by atoms with E-state index in [2.05, 4.69) is 10.3 Å². The van der Waals surface area contributed by atoms with Crippen LogP contribution < -0.4 is 11.1 Å². The summed E-state index contributed by atoms with van der Waals surface area (Å²) in [6.07, 6.45) is -0.323. The van der Waals surface area contributed by atoms with Crippen LogP contribution in [-0.2, 0) is 4.74 Å². The number of para-hydroxylation sites is 2. The van der Waals surface area contributed by atoms with E-state index in [1.807, 2.05) is 25.7 Å². The molecular formula is C18H29IN6O4. The third-order valence-corrected chi connectivity index (χ3v) is 4.06. The number of nitrogens with one attached hydrogen (secondary N) is 1. The van der Waals surface area contributed by atoms with Crippen LogP contribution in [-0.4, -0.2) is 71.6 Å². The van der Waals surface area contributed by atoms with Crippen LogP contribution in [0.5, 0.6) is 0 Å². The van der Waals surface area contributed by atoms with Crippen molar-refractivity contribution in [2.45, 2.75) is 26.4 Å². The number of hydrogen-bond acceptors (Lipinski definition) is 6. The summed E-state index contributed by atoms with van der Waals surface area (Å²) in [6, 6.07) is 6.46. The summed E-state index contributed by atoms with van der Waals surface area (Å²) < 4.78 is 5.37. The average Bonchev–Trinajstić information content (AvgIpc) is 2.64. The number of amides is 1.